The third-order valence-electron chi connectivity index (χ3n) is 2.23. The minimum absolute atomic E-state index is 0.0669. The second kappa shape index (κ2) is 5.73. The summed E-state index contributed by atoms with van der Waals surface area (Å²) < 4.78 is 0. The first kappa shape index (κ1) is 13.4. The summed E-state index contributed by atoms with van der Waals surface area (Å²) in [6, 6.07) is 2.21. The Labute approximate surface area is 112 Å². The topological polar surface area (TPSA) is 135 Å². The molecule has 0 saturated heterocycles. The Balaban J connectivity index is 1.90. The summed E-state index contributed by atoms with van der Waals surface area (Å²) in [6.07, 6.45) is 1.36. The van der Waals surface area contributed by atoms with Crippen LogP contribution in [-0.2, 0) is 13.6 Å². The van der Waals surface area contributed by atoms with E-state index in [9.17, 15) is 9.59 Å². The molecule has 0 bridgehead atoms. The van der Waals surface area contributed by atoms with Gasteiger partial charge in [0.15, 0.2) is 0 Å². The number of carboxylic acid groups (broad SMARTS) is 1. The highest BCUT2D eigenvalue weighted by atomic mass is 16.4. The van der Waals surface area contributed by atoms with E-state index >= 15 is 0 Å². The van der Waals surface area contributed by atoms with Crippen molar-refractivity contribution in [3.05, 3.63) is 29.6 Å². The molecule has 3 N–H and O–H groups in total. The molecule has 0 fully saturated rings. The lowest BCUT2D eigenvalue weighted by molar-refractivity contribution is 0.0696. The monoisotopic (exact) mass is 277 g/mol. The van der Waals surface area contributed by atoms with Crippen LogP contribution in [-0.4, -0.2) is 42.3 Å². The second-order valence-corrected chi connectivity index (χ2v) is 3.75. The summed E-state index contributed by atoms with van der Waals surface area (Å²) >= 11 is 0. The number of aryl methyl sites for hydroxylation is 1. The number of anilines is 1. The van der Waals surface area contributed by atoms with Crippen molar-refractivity contribution in [2.45, 2.75) is 6.54 Å². The van der Waals surface area contributed by atoms with E-state index in [4.69, 9.17) is 5.11 Å². The maximum absolute atomic E-state index is 11.5. The van der Waals surface area contributed by atoms with E-state index < -0.39 is 12.0 Å². The molecule has 0 radical (unpaired) electrons. The Morgan fingerprint density at radius 1 is 1.45 bits per heavy atom. The van der Waals surface area contributed by atoms with Crippen molar-refractivity contribution in [2.24, 2.45) is 7.05 Å². The molecule has 10 nitrogen and oxygen atoms in total. The summed E-state index contributed by atoms with van der Waals surface area (Å²) in [7, 11) is 1.57. The maximum Gasteiger partial charge on any atom is 0.335 e. The fraction of sp³-hybridized carbons (Fsp3) is 0.200. The molecule has 2 rings (SSSR count). The number of hydrogen-bond donors (Lipinski definition) is 3. The van der Waals surface area contributed by atoms with Gasteiger partial charge >= 0.3 is 12.0 Å². The summed E-state index contributed by atoms with van der Waals surface area (Å²) in [5, 5.41) is 24.6. The van der Waals surface area contributed by atoms with E-state index in [-0.39, 0.29) is 18.1 Å². The number of carbonyl (C=O) groups is 2. The molecule has 20 heavy (non-hydrogen) atoms. The molecule has 0 aliphatic rings. The molecule has 2 heterocycles. The molecular weight excluding hydrogens is 266 g/mol. The second-order valence-electron chi connectivity index (χ2n) is 3.75. The van der Waals surface area contributed by atoms with Crippen molar-refractivity contribution in [3.8, 4) is 0 Å². The van der Waals surface area contributed by atoms with Crippen LogP contribution in [0.3, 0.4) is 0 Å². The first-order valence-corrected chi connectivity index (χ1v) is 5.51. The number of rotatable bonds is 4. The molecule has 0 aliphatic heterocycles. The Hall–Kier alpha value is -3.04. The van der Waals surface area contributed by atoms with E-state index in [0.29, 0.717) is 5.69 Å². The predicted molar refractivity (Wildman–Crippen MR) is 65.9 cm³/mol. The number of pyridine rings is 1. The molecule has 0 saturated carbocycles. The normalized spacial score (nSPS) is 10.1. The van der Waals surface area contributed by atoms with Crippen molar-refractivity contribution >= 4 is 17.9 Å². The minimum Gasteiger partial charge on any atom is -0.478 e. The maximum atomic E-state index is 11.5. The molecule has 2 amide bonds. The molecule has 0 spiro atoms. The molecule has 2 aromatic rings. The highest BCUT2D eigenvalue weighted by Crippen LogP contribution is 2.01. The smallest absolute Gasteiger partial charge is 0.335 e. The Morgan fingerprint density at radius 2 is 2.25 bits per heavy atom. The van der Waals surface area contributed by atoms with Gasteiger partial charge in [0.1, 0.15) is 0 Å². The third kappa shape index (κ3) is 3.48. The Bertz CT molecular complexity index is 639. The molecule has 0 atom stereocenters. The molecular formula is C10H11N7O3. The quantitative estimate of drug-likeness (QED) is 0.693. The van der Waals surface area contributed by atoms with Gasteiger partial charge in [-0.3, -0.25) is 10.3 Å². The van der Waals surface area contributed by atoms with Crippen LogP contribution in [0.1, 0.15) is 16.1 Å². The van der Waals surface area contributed by atoms with Crippen molar-refractivity contribution in [1.82, 2.24) is 30.5 Å². The summed E-state index contributed by atoms with van der Waals surface area (Å²) in [6.45, 7) is 0.0766. The van der Waals surface area contributed by atoms with Gasteiger partial charge in [0, 0.05) is 6.20 Å². The van der Waals surface area contributed by atoms with Crippen molar-refractivity contribution in [2.75, 3.05) is 5.32 Å². The average molecular weight is 277 g/mol. The van der Waals surface area contributed by atoms with E-state index in [1.54, 1.807) is 7.05 Å². The number of aromatic nitrogens is 5. The lowest BCUT2D eigenvalue weighted by atomic mass is 10.2. The van der Waals surface area contributed by atoms with Crippen LogP contribution in [0, 0.1) is 0 Å². The first-order chi connectivity index (χ1) is 9.54. The SMILES string of the molecule is Cn1nnc(NC(=O)NCc2cc(C(=O)O)ccn2)n1. The van der Waals surface area contributed by atoms with Crippen LogP contribution in [0.5, 0.6) is 0 Å². The minimum atomic E-state index is -1.05. The molecule has 0 aliphatic carbocycles. The number of nitrogens with one attached hydrogen (secondary N) is 2. The molecule has 0 aromatic carbocycles. The van der Waals surface area contributed by atoms with E-state index in [2.05, 4.69) is 31.0 Å². The first-order valence-electron chi connectivity index (χ1n) is 5.51. The molecule has 2 aromatic heterocycles. The number of nitrogens with zero attached hydrogens (tertiary/aromatic N) is 5. The van der Waals surface area contributed by atoms with Gasteiger partial charge in [-0.2, -0.15) is 4.80 Å². The van der Waals surface area contributed by atoms with Gasteiger partial charge in [-0.1, -0.05) is 5.10 Å². The largest absolute Gasteiger partial charge is 0.478 e. The summed E-state index contributed by atoms with van der Waals surface area (Å²) in [5.74, 6) is -0.987. The Morgan fingerprint density at radius 3 is 2.90 bits per heavy atom. The van der Waals surface area contributed by atoms with Crippen LogP contribution in [0.2, 0.25) is 0 Å². The van der Waals surface area contributed by atoms with Crippen molar-refractivity contribution in [1.29, 1.82) is 0 Å². The van der Waals surface area contributed by atoms with Crippen LogP contribution in [0.25, 0.3) is 0 Å². The third-order valence-corrected chi connectivity index (χ3v) is 2.23. The number of urea groups is 1. The summed E-state index contributed by atoms with van der Waals surface area (Å²) in [5.41, 5.74) is 0.528. The van der Waals surface area contributed by atoms with Gasteiger partial charge < -0.3 is 10.4 Å². The van der Waals surface area contributed by atoms with Gasteiger partial charge in [0.05, 0.1) is 24.8 Å². The zero-order valence-electron chi connectivity index (χ0n) is 10.4. The molecule has 0 unspecified atom stereocenters. The predicted octanol–water partition coefficient (Wildman–Crippen LogP) is -0.375. The zero-order chi connectivity index (χ0) is 14.5. The van der Waals surface area contributed by atoms with Gasteiger partial charge in [0.25, 0.3) is 5.95 Å². The highest BCUT2D eigenvalue weighted by molar-refractivity contribution is 5.88. The van der Waals surface area contributed by atoms with Crippen molar-refractivity contribution < 1.29 is 14.7 Å². The van der Waals surface area contributed by atoms with Gasteiger partial charge in [0.2, 0.25) is 0 Å². The fourth-order valence-electron chi connectivity index (χ4n) is 1.36. The highest BCUT2D eigenvalue weighted by Gasteiger charge is 2.08. The van der Waals surface area contributed by atoms with Crippen molar-refractivity contribution in [3.63, 3.8) is 0 Å². The van der Waals surface area contributed by atoms with Crippen LogP contribution >= 0.6 is 0 Å². The molecule has 104 valence electrons. The summed E-state index contributed by atoms with van der Waals surface area (Å²) in [4.78, 5) is 27.5. The van der Waals surface area contributed by atoms with Crippen LogP contribution < -0.4 is 10.6 Å². The fourth-order valence-corrected chi connectivity index (χ4v) is 1.36. The number of amides is 2. The van der Waals surface area contributed by atoms with Gasteiger partial charge in [-0.25, -0.2) is 9.59 Å². The average Bonchev–Trinajstić information content (AvgIpc) is 2.82. The zero-order valence-corrected chi connectivity index (χ0v) is 10.4. The van der Waals surface area contributed by atoms with Crippen LogP contribution in [0.15, 0.2) is 18.3 Å². The number of carboxylic acids is 1. The lowest BCUT2D eigenvalue weighted by Crippen LogP contribution is -2.29. The number of hydrogen-bond acceptors (Lipinski definition) is 6. The molecule has 10 heteroatoms. The standard InChI is InChI=1S/C10H11N7O3/c1-17-15-9(14-16-17)13-10(20)12-5-7-4-6(8(18)19)2-3-11-7/h2-4H,5H2,1H3,(H,18,19)(H2,12,13,15,20). The van der Waals surface area contributed by atoms with E-state index in [1.165, 1.54) is 23.1 Å². The number of aromatic carboxylic acids is 1. The number of tetrazole rings is 1. The number of carbonyl (C=O) groups excluding carboxylic acids is 1. The Kier molecular flexibility index (Phi) is 3.84. The van der Waals surface area contributed by atoms with Gasteiger partial charge in [-0.05, 0) is 17.3 Å². The van der Waals surface area contributed by atoms with E-state index in [1.807, 2.05) is 0 Å². The van der Waals surface area contributed by atoms with Crippen LogP contribution in [0.4, 0.5) is 10.7 Å². The lowest BCUT2D eigenvalue weighted by Gasteiger charge is -2.04. The van der Waals surface area contributed by atoms with Gasteiger partial charge in [-0.15, -0.1) is 5.10 Å². The van der Waals surface area contributed by atoms with E-state index in [0.717, 1.165) is 0 Å².